The Balaban J connectivity index is 1.84. The lowest BCUT2D eigenvalue weighted by Gasteiger charge is -2.07. The fourth-order valence-corrected chi connectivity index (χ4v) is 2.77. The van der Waals surface area contributed by atoms with Crippen molar-refractivity contribution < 1.29 is 13.6 Å². The molecule has 2 aromatic heterocycles. The van der Waals surface area contributed by atoms with E-state index in [0.29, 0.717) is 17.1 Å². The van der Waals surface area contributed by atoms with Crippen LogP contribution in [-0.2, 0) is 0 Å². The Morgan fingerprint density at radius 3 is 2.68 bits per heavy atom. The highest BCUT2D eigenvalue weighted by molar-refractivity contribution is 6.04. The number of amides is 1. The highest BCUT2D eigenvalue weighted by Crippen LogP contribution is 2.17. The van der Waals surface area contributed by atoms with Gasteiger partial charge in [-0.3, -0.25) is 4.79 Å². The number of fused-ring (bicyclic) bond motifs is 1. The van der Waals surface area contributed by atoms with Crippen molar-refractivity contribution in [2.24, 2.45) is 4.99 Å². The maximum absolute atomic E-state index is 13.5. The number of carbonyl (C=O) groups is 1. The molecule has 2 heterocycles. The van der Waals surface area contributed by atoms with Crippen molar-refractivity contribution in [3.8, 4) is 0 Å². The molecule has 0 aliphatic carbocycles. The molecule has 0 fully saturated rings. The molecule has 0 bridgehead atoms. The summed E-state index contributed by atoms with van der Waals surface area (Å²) in [6.07, 6.45) is 0. The largest absolute Gasteiger partial charge is 0.438 e. The van der Waals surface area contributed by atoms with E-state index in [-0.39, 0.29) is 11.1 Å². The molecule has 4 aromatic rings. The van der Waals surface area contributed by atoms with E-state index in [1.807, 2.05) is 31.2 Å². The Kier molecular flexibility index (Phi) is 4.68. The normalized spacial score (nSPS) is 11.6. The third-order valence-corrected chi connectivity index (χ3v) is 4.07. The van der Waals surface area contributed by atoms with E-state index in [2.05, 4.69) is 15.3 Å². The third-order valence-electron chi connectivity index (χ3n) is 4.07. The van der Waals surface area contributed by atoms with E-state index >= 15 is 0 Å². The van der Waals surface area contributed by atoms with Crippen molar-refractivity contribution in [3.63, 3.8) is 0 Å². The van der Waals surface area contributed by atoms with Gasteiger partial charge in [0, 0.05) is 11.1 Å². The molecule has 5 nitrogen and oxygen atoms in total. The van der Waals surface area contributed by atoms with Gasteiger partial charge in [0.1, 0.15) is 22.8 Å². The molecular formula is C22H16FN3O2. The molecule has 0 spiro atoms. The number of pyridine rings is 1. The minimum atomic E-state index is -0.419. The number of hydrogen-bond acceptors (Lipinski definition) is 4. The van der Waals surface area contributed by atoms with Crippen LogP contribution < -0.4 is 10.9 Å². The molecule has 0 aliphatic heterocycles. The fourth-order valence-electron chi connectivity index (χ4n) is 2.77. The van der Waals surface area contributed by atoms with Crippen LogP contribution in [0.15, 0.2) is 82.2 Å². The predicted molar refractivity (Wildman–Crippen MR) is 105 cm³/mol. The molecule has 0 saturated carbocycles. The van der Waals surface area contributed by atoms with Crippen LogP contribution in [-0.4, -0.2) is 10.9 Å². The highest BCUT2D eigenvalue weighted by Gasteiger charge is 2.14. The molecule has 28 heavy (non-hydrogen) atoms. The van der Waals surface area contributed by atoms with Crippen LogP contribution in [0.1, 0.15) is 16.1 Å². The second kappa shape index (κ2) is 7.44. The number of carbonyl (C=O) groups excluding carboxylic acids is 1. The number of aromatic nitrogens is 1. The van der Waals surface area contributed by atoms with Crippen LogP contribution in [0.2, 0.25) is 0 Å². The summed E-state index contributed by atoms with van der Waals surface area (Å²) in [7, 11) is 0. The standard InChI is InChI=1S/C22H16FN3O2/c1-14-6-4-11-20(24-14)26-21(27)18-12-15-7-2-3-10-19(15)28-22(18)25-17-9-5-8-16(23)13-17/h2-13H,1H3,(H,24,26,27). The van der Waals surface area contributed by atoms with Gasteiger partial charge in [0.15, 0.2) is 0 Å². The van der Waals surface area contributed by atoms with E-state index in [0.717, 1.165) is 11.1 Å². The summed E-state index contributed by atoms with van der Waals surface area (Å²) in [5, 5.41) is 3.51. The van der Waals surface area contributed by atoms with E-state index < -0.39 is 11.7 Å². The first-order chi connectivity index (χ1) is 13.6. The van der Waals surface area contributed by atoms with Crippen molar-refractivity contribution >= 4 is 28.4 Å². The zero-order chi connectivity index (χ0) is 19.5. The summed E-state index contributed by atoms with van der Waals surface area (Å²) >= 11 is 0. The van der Waals surface area contributed by atoms with Gasteiger partial charge in [-0.2, -0.15) is 0 Å². The van der Waals surface area contributed by atoms with Crippen molar-refractivity contribution in [2.75, 3.05) is 5.32 Å². The highest BCUT2D eigenvalue weighted by atomic mass is 19.1. The minimum Gasteiger partial charge on any atom is -0.438 e. The van der Waals surface area contributed by atoms with Gasteiger partial charge in [0.25, 0.3) is 5.91 Å². The van der Waals surface area contributed by atoms with Crippen molar-refractivity contribution in [1.82, 2.24) is 4.98 Å². The van der Waals surface area contributed by atoms with Crippen LogP contribution in [0.4, 0.5) is 15.9 Å². The summed E-state index contributed by atoms with van der Waals surface area (Å²) in [4.78, 5) is 21.5. The molecule has 0 atom stereocenters. The number of benzene rings is 2. The van der Waals surface area contributed by atoms with Crippen LogP contribution in [0.25, 0.3) is 11.0 Å². The summed E-state index contributed by atoms with van der Waals surface area (Å²) in [6, 6.07) is 20.1. The van der Waals surface area contributed by atoms with Crippen LogP contribution in [0.5, 0.6) is 0 Å². The average Bonchev–Trinajstić information content (AvgIpc) is 2.67. The number of para-hydroxylation sites is 1. The van der Waals surface area contributed by atoms with Crippen LogP contribution in [0.3, 0.4) is 0 Å². The number of halogens is 1. The SMILES string of the molecule is Cc1cccc(NC(=O)c2cc3ccccc3oc2=Nc2cccc(F)c2)n1. The average molecular weight is 373 g/mol. The second-order valence-electron chi connectivity index (χ2n) is 6.21. The van der Waals surface area contributed by atoms with Crippen molar-refractivity contribution in [3.05, 3.63) is 95.4 Å². The van der Waals surface area contributed by atoms with Gasteiger partial charge in [-0.15, -0.1) is 0 Å². The van der Waals surface area contributed by atoms with E-state index in [4.69, 9.17) is 4.42 Å². The molecule has 1 amide bonds. The van der Waals surface area contributed by atoms with Gasteiger partial charge in [0.05, 0.1) is 5.69 Å². The molecule has 4 rings (SSSR count). The lowest BCUT2D eigenvalue weighted by atomic mass is 10.1. The summed E-state index contributed by atoms with van der Waals surface area (Å²) in [5.74, 6) is -0.408. The molecule has 2 aromatic carbocycles. The van der Waals surface area contributed by atoms with E-state index in [9.17, 15) is 9.18 Å². The zero-order valence-electron chi connectivity index (χ0n) is 15.0. The maximum atomic E-state index is 13.5. The smallest absolute Gasteiger partial charge is 0.262 e. The Labute approximate surface area is 160 Å². The second-order valence-corrected chi connectivity index (χ2v) is 6.21. The molecule has 0 aliphatic rings. The fraction of sp³-hybridized carbons (Fsp3) is 0.0455. The van der Waals surface area contributed by atoms with Gasteiger partial charge in [-0.25, -0.2) is 14.4 Å². The number of hydrogen-bond donors (Lipinski definition) is 1. The quantitative estimate of drug-likeness (QED) is 0.563. The van der Waals surface area contributed by atoms with Crippen LogP contribution >= 0.6 is 0 Å². The summed E-state index contributed by atoms with van der Waals surface area (Å²) in [6.45, 7) is 1.84. The summed E-state index contributed by atoms with van der Waals surface area (Å²) < 4.78 is 19.4. The monoisotopic (exact) mass is 373 g/mol. The number of aryl methyl sites for hydroxylation is 1. The maximum Gasteiger partial charge on any atom is 0.262 e. The van der Waals surface area contributed by atoms with Crippen LogP contribution in [0, 0.1) is 12.7 Å². The Morgan fingerprint density at radius 2 is 1.86 bits per heavy atom. The predicted octanol–water partition coefficient (Wildman–Crippen LogP) is 4.76. The molecular weight excluding hydrogens is 357 g/mol. The van der Waals surface area contributed by atoms with Gasteiger partial charge in [-0.05, 0) is 49.4 Å². The van der Waals surface area contributed by atoms with Gasteiger partial charge in [-0.1, -0.05) is 30.3 Å². The molecule has 0 saturated heterocycles. The van der Waals surface area contributed by atoms with Gasteiger partial charge in [0.2, 0.25) is 5.55 Å². The van der Waals surface area contributed by atoms with E-state index in [1.165, 1.54) is 12.1 Å². The first kappa shape index (κ1) is 17.6. The minimum absolute atomic E-state index is 0.0921. The number of nitrogens with one attached hydrogen (secondary N) is 1. The lowest BCUT2D eigenvalue weighted by molar-refractivity contribution is 0.102. The molecule has 1 N–H and O–H groups in total. The topological polar surface area (TPSA) is 67.5 Å². The summed E-state index contributed by atoms with van der Waals surface area (Å²) in [5.41, 5.74) is 2.02. The third kappa shape index (κ3) is 3.81. The first-order valence-corrected chi connectivity index (χ1v) is 8.67. The molecule has 6 heteroatoms. The Hall–Kier alpha value is -3.80. The van der Waals surface area contributed by atoms with Crippen molar-refractivity contribution in [1.29, 1.82) is 0 Å². The Bertz CT molecular complexity index is 1250. The lowest BCUT2D eigenvalue weighted by Crippen LogP contribution is -2.22. The molecule has 0 unspecified atom stereocenters. The Morgan fingerprint density at radius 1 is 1.04 bits per heavy atom. The van der Waals surface area contributed by atoms with Gasteiger partial charge < -0.3 is 9.73 Å². The molecule has 138 valence electrons. The zero-order valence-corrected chi connectivity index (χ0v) is 15.0. The first-order valence-electron chi connectivity index (χ1n) is 8.67. The number of anilines is 1. The molecule has 0 radical (unpaired) electrons. The van der Waals surface area contributed by atoms with Gasteiger partial charge >= 0.3 is 0 Å². The van der Waals surface area contributed by atoms with E-state index in [1.54, 1.807) is 36.4 Å². The van der Waals surface area contributed by atoms with Crippen molar-refractivity contribution in [2.45, 2.75) is 6.92 Å². The number of rotatable bonds is 3. The number of nitrogens with zero attached hydrogens (tertiary/aromatic N) is 2.